The quantitative estimate of drug-likeness (QED) is 0.747. The van der Waals surface area contributed by atoms with Crippen LogP contribution in [0.4, 0.5) is 5.69 Å². The van der Waals surface area contributed by atoms with Crippen molar-refractivity contribution >= 4 is 11.5 Å². The van der Waals surface area contributed by atoms with Crippen molar-refractivity contribution in [2.45, 2.75) is 39.4 Å². The molecule has 2 aromatic carbocycles. The van der Waals surface area contributed by atoms with Crippen LogP contribution >= 0.6 is 0 Å². The first kappa shape index (κ1) is 16.1. The van der Waals surface area contributed by atoms with Crippen LogP contribution in [-0.4, -0.2) is 11.9 Å². The summed E-state index contributed by atoms with van der Waals surface area (Å²) >= 11 is 0. The van der Waals surface area contributed by atoms with E-state index in [1.807, 2.05) is 44.2 Å². The molecular weight excluding hydrogens is 302 g/mol. The fraction of sp³-hybridized carbons (Fsp3) is 0.300. The van der Waals surface area contributed by atoms with Gasteiger partial charge < -0.3 is 9.47 Å². The molecule has 0 aromatic heterocycles. The van der Waals surface area contributed by atoms with Crippen molar-refractivity contribution in [3.05, 3.63) is 64.5 Å². The summed E-state index contributed by atoms with van der Waals surface area (Å²) in [6, 6.07) is 11.1. The van der Waals surface area contributed by atoms with Gasteiger partial charge in [-0.15, -0.1) is 0 Å². The Bertz CT molecular complexity index is 818. The molecule has 1 aliphatic carbocycles. The van der Waals surface area contributed by atoms with E-state index in [0.29, 0.717) is 24.5 Å². The van der Waals surface area contributed by atoms with E-state index in [9.17, 15) is 4.79 Å². The Hall–Kier alpha value is -2.80. The van der Waals surface area contributed by atoms with Gasteiger partial charge in [0.05, 0.1) is 12.7 Å². The number of hydrogen-bond acceptors (Lipinski definition) is 3. The van der Waals surface area contributed by atoms with E-state index >= 15 is 0 Å². The zero-order chi connectivity index (χ0) is 17.1. The first-order chi connectivity index (χ1) is 11.6. The topological polar surface area (TPSA) is 39.9 Å². The van der Waals surface area contributed by atoms with Crippen molar-refractivity contribution in [2.75, 3.05) is 0 Å². The summed E-state index contributed by atoms with van der Waals surface area (Å²) in [7, 11) is 0. The van der Waals surface area contributed by atoms with Gasteiger partial charge in [-0.1, -0.05) is 6.07 Å². The molecule has 122 valence electrons. The molecule has 2 aromatic rings. The van der Waals surface area contributed by atoms with Gasteiger partial charge in [-0.25, -0.2) is 4.85 Å². The van der Waals surface area contributed by atoms with E-state index in [4.69, 9.17) is 16.0 Å². The lowest BCUT2D eigenvalue weighted by molar-refractivity contribution is 0.0994. The molecule has 0 aliphatic heterocycles. The Labute approximate surface area is 141 Å². The smallest absolute Gasteiger partial charge is 0.228 e. The molecule has 4 heteroatoms. The fourth-order valence-corrected chi connectivity index (χ4v) is 2.78. The van der Waals surface area contributed by atoms with Crippen molar-refractivity contribution in [3.8, 4) is 11.5 Å². The summed E-state index contributed by atoms with van der Waals surface area (Å²) < 4.78 is 11.4. The summed E-state index contributed by atoms with van der Waals surface area (Å²) in [6.07, 6.45) is 1.40. The summed E-state index contributed by atoms with van der Waals surface area (Å²) in [5.41, 5.74) is 3.27. The number of hydrogen-bond donors (Lipinski definition) is 0. The van der Waals surface area contributed by atoms with Crippen molar-refractivity contribution in [2.24, 2.45) is 0 Å². The highest BCUT2D eigenvalue weighted by atomic mass is 16.5. The summed E-state index contributed by atoms with van der Waals surface area (Å²) in [4.78, 5) is 15.2. The SMILES string of the molecule is [C-]#[N+]c1cc(COc2ccc3c(c2)CCC3=O)ccc1OC(C)C. The second-order valence-corrected chi connectivity index (χ2v) is 6.11. The van der Waals surface area contributed by atoms with Crippen molar-refractivity contribution in [1.29, 1.82) is 0 Å². The Morgan fingerprint density at radius 3 is 2.75 bits per heavy atom. The molecule has 0 spiro atoms. The number of benzene rings is 2. The van der Waals surface area contributed by atoms with Crippen LogP contribution in [0, 0.1) is 6.57 Å². The summed E-state index contributed by atoms with van der Waals surface area (Å²) in [5, 5.41) is 0. The van der Waals surface area contributed by atoms with Crippen LogP contribution in [0.1, 0.15) is 41.8 Å². The molecule has 0 atom stereocenters. The Balaban J connectivity index is 1.71. The van der Waals surface area contributed by atoms with Crippen LogP contribution < -0.4 is 9.47 Å². The second kappa shape index (κ2) is 6.76. The van der Waals surface area contributed by atoms with E-state index in [1.165, 1.54) is 0 Å². The predicted octanol–water partition coefficient (Wildman–Crippen LogP) is 4.73. The zero-order valence-corrected chi connectivity index (χ0v) is 13.8. The minimum atomic E-state index is 0.0294. The number of nitrogens with zero attached hydrogens (tertiary/aromatic N) is 1. The molecule has 0 saturated heterocycles. The Kier molecular flexibility index (Phi) is 4.52. The first-order valence-electron chi connectivity index (χ1n) is 8.03. The highest BCUT2D eigenvalue weighted by Crippen LogP contribution is 2.31. The number of ketones is 1. The lowest BCUT2D eigenvalue weighted by Gasteiger charge is -2.13. The van der Waals surface area contributed by atoms with Crippen LogP contribution in [0.5, 0.6) is 11.5 Å². The molecule has 3 rings (SSSR count). The van der Waals surface area contributed by atoms with Crippen LogP contribution in [0.25, 0.3) is 4.85 Å². The van der Waals surface area contributed by atoms with E-state index in [0.717, 1.165) is 28.9 Å². The summed E-state index contributed by atoms with van der Waals surface area (Å²) in [6.45, 7) is 11.5. The maximum absolute atomic E-state index is 11.7. The van der Waals surface area contributed by atoms with Gasteiger partial charge in [0, 0.05) is 12.0 Å². The van der Waals surface area contributed by atoms with Crippen molar-refractivity contribution in [3.63, 3.8) is 0 Å². The van der Waals surface area contributed by atoms with Gasteiger partial charge in [0.2, 0.25) is 5.69 Å². The molecule has 0 bridgehead atoms. The largest absolute Gasteiger partial charge is 0.502 e. The monoisotopic (exact) mass is 321 g/mol. The van der Waals surface area contributed by atoms with Gasteiger partial charge in [0.25, 0.3) is 0 Å². The third-order valence-electron chi connectivity index (χ3n) is 3.91. The van der Waals surface area contributed by atoms with Crippen LogP contribution in [0.3, 0.4) is 0 Å². The van der Waals surface area contributed by atoms with Crippen LogP contribution in [0.2, 0.25) is 0 Å². The van der Waals surface area contributed by atoms with Gasteiger partial charge in [-0.3, -0.25) is 4.79 Å². The maximum Gasteiger partial charge on any atom is 0.228 e. The lowest BCUT2D eigenvalue weighted by atomic mass is 10.1. The molecule has 0 saturated carbocycles. The van der Waals surface area contributed by atoms with Crippen LogP contribution in [0.15, 0.2) is 36.4 Å². The third-order valence-corrected chi connectivity index (χ3v) is 3.91. The minimum Gasteiger partial charge on any atom is -0.502 e. The average molecular weight is 321 g/mol. The predicted molar refractivity (Wildman–Crippen MR) is 91.9 cm³/mol. The molecule has 0 radical (unpaired) electrons. The van der Waals surface area contributed by atoms with E-state index in [1.54, 1.807) is 6.07 Å². The Morgan fingerprint density at radius 2 is 2.00 bits per heavy atom. The third kappa shape index (κ3) is 3.41. The minimum absolute atomic E-state index is 0.0294. The standard InChI is InChI=1S/C20H19NO3/c1-13(2)24-20-9-4-14(10-18(20)21-3)12-23-16-6-7-17-15(11-16)5-8-19(17)22/h4,6-7,9-11,13H,5,8,12H2,1-2H3. The van der Waals surface area contributed by atoms with Gasteiger partial charge in [0.1, 0.15) is 18.1 Å². The molecule has 0 fully saturated rings. The lowest BCUT2D eigenvalue weighted by Crippen LogP contribution is -2.05. The molecular formula is C20H19NO3. The molecule has 0 heterocycles. The molecule has 0 amide bonds. The Morgan fingerprint density at radius 1 is 1.17 bits per heavy atom. The average Bonchev–Trinajstić information content (AvgIpc) is 2.94. The number of aryl methyl sites for hydroxylation is 1. The maximum atomic E-state index is 11.7. The molecule has 4 nitrogen and oxygen atoms in total. The molecule has 24 heavy (non-hydrogen) atoms. The van der Waals surface area contributed by atoms with Gasteiger partial charge in [-0.2, -0.15) is 0 Å². The normalized spacial score (nSPS) is 12.8. The number of carbonyl (C=O) groups is 1. The fourth-order valence-electron chi connectivity index (χ4n) is 2.78. The van der Waals surface area contributed by atoms with Crippen molar-refractivity contribution in [1.82, 2.24) is 0 Å². The van der Waals surface area contributed by atoms with Gasteiger partial charge >= 0.3 is 0 Å². The van der Waals surface area contributed by atoms with Crippen LogP contribution in [-0.2, 0) is 13.0 Å². The van der Waals surface area contributed by atoms with Gasteiger partial charge in [-0.05, 0) is 61.7 Å². The van der Waals surface area contributed by atoms with E-state index < -0.39 is 0 Å². The number of ether oxygens (including phenoxy) is 2. The van der Waals surface area contributed by atoms with E-state index in [-0.39, 0.29) is 11.9 Å². The zero-order valence-electron chi connectivity index (χ0n) is 13.8. The van der Waals surface area contributed by atoms with Crippen molar-refractivity contribution < 1.29 is 14.3 Å². The number of rotatable bonds is 5. The molecule has 1 aliphatic rings. The van der Waals surface area contributed by atoms with E-state index in [2.05, 4.69) is 4.85 Å². The molecule has 0 N–H and O–H groups in total. The highest BCUT2D eigenvalue weighted by molar-refractivity contribution is 6.00. The number of fused-ring (bicyclic) bond motifs is 1. The van der Waals surface area contributed by atoms with Gasteiger partial charge in [0.15, 0.2) is 5.78 Å². The highest BCUT2D eigenvalue weighted by Gasteiger charge is 2.19. The number of carbonyl (C=O) groups excluding carboxylic acids is 1. The summed E-state index contributed by atoms with van der Waals surface area (Å²) in [5.74, 6) is 1.55. The second-order valence-electron chi connectivity index (χ2n) is 6.11. The number of Topliss-reactive ketones (excluding diaryl/α,β-unsaturated/α-hetero) is 1. The molecule has 0 unspecified atom stereocenters. The first-order valence-corrected chi connectivity index (χ1v) is 8.03.